The summed E-state index contributed by atoms with van der Waals surface area (Å²) < 4.78 is 2.36. The maximum atomic E-state index is 2.36. The van der Waals surface area contributed by atoms with Gasteiger partial charge in [-0.15, -0.1) is 0 Å². The Kier molecular flexibility index (Phi) is 10.0. The van der Waals surface area contributed by atoms with Gasteiger partial charge in [-0.3, -0.25) is 0 Å². The number of aryl methyl sites for hydroxylation is 1. The lowest BCUT2D eigenvalue weighted by molar-refractivity contribution is -0.662. The largest absolute Gasteiger partial charge is 1.00 e. The van der Waals surface area contributed by atoms with Gasteiger partial charge in [-0.1, -0.05) is 50.4 Å². The van der Waals surface area contributed by atoms with Crippen LogP contribution < -0.4 is 33.4 Å². The molecule has 0 atom stereocenters. The van der Waals surface area contributed by atoms with Crippen LogP contribution in [0.3, 0.4) is 0 Å². The van der Waals surface area contributed by atoms with Crippen molar-refractivity contribution in [3.05, 3.63) is 34.8 Å². The fourth-order valence-corrected chi connectivity index (χ4v) is 4.34. The molecule has 2 nitrogen and oxygen atoms in total. The number of benzene rings is 1. The molecule has 0 amide bonds. The zero-order valence-corrected chi connectivity index (χ0v) is 19.4. The van der Waals surface area contributed by atoms with E-state index in [1.807, 2.05) is 11.3 Å². The van der Waals surface area contributed by atoms with Crippen molar-refractivity contribution >= 4 is 17.0 Å². The Morgan fingerprint density at radius 1 is 0.960 bits per heavy atom. The van der Waals surface area contributed by atoms with Crippen LogP contribution in [0, 0.1) is 6.92 Å². The third-order valence-corrected chi connectivity index (χ3v) is 6.27. The summed E-state index contributed by atoms with van der Waals surface area (Å²) in [6.07, 6.45) is 9.43. The highest BCUT2D eigenvalue weighted by atomic mass is 127. The fourth-order valence-electron chi connectivity index (χ4n) is 3.05. The van der Waals surface area contributed by atoms with Gasteiger partial charge in [0.25, 0.3) is 5.01 Å². The summed E-state index contributed by atoms with van der Waals surface area (Å²) in [7, 11) is 6.37. The number of anilines is 1. The maximum absolute atomic E-state index is 2.36. The van der Waals surface area contributed by atoms with Gasteiger partial charge in [-0.05, 0) is 37.1 Å². The summed E-state index contributed by atoms with van der Waals surface area (Å²) in [4.78, 5) is 3.70. The molecule has 0 unspecified atom stereocenters. The molecule has 0 bridgehead atoms. The van der Waals surface area contributed by atoms with Gasteiger partial charge in [0.2, 0.25) is 0 Å². The number of hydrogen-bond donors (Lipinski definition) is 0. The summed E-state index contributed by atoms with van der Waals surface area (Å²) >= 11 is 1.97. The minimum absolute atomic E-state index is 0. The van der Waals surface area contributed by atoms with Gasteiger partial charge in [-0.2, -0.15) is 4.57 Å². The van der Waals surface area contributed by atoms with Crippen LogP contribution >= 0.6 is 11.3 Å². The van der Waals surface area contributed by atoms with E-state index < -0.39 is 0 Å². The number of aromatic nitrogens is 1. The van der Waals surface area contributed by atoms with Gasteiger partial charge in [0.1, 0.15) is 7.05 Å². The molecule has 2 rings (SSSR count). The molecule has 2 aromatic rings. The van der Waals surface area contributed by atoms with Gasteiger partial charge in [0.05, 0.1) is 10.4 Å². The minimum Gasteiger partial charge on any atom is -1.00 e. The lowest BCUT2D eigenvalue weighted by Gasteiger charge is -2.11. The Morgan fingerprint density at radius 3 is 2.16 bits per heavy atom. The van der Waals surface area contributed by atoms with E-state index in [0.29, 0.717) is 0 Å². The molecule has 0 spiro atoms. The molecule has 0 saturated carbocycles. The fraction of sp³-hybridized carbons (Fsp3) is 0.571. The molecule has 0 aliphatic carbocycles. The monoisotopic (exact) mass is 472 g/mol. The van der Waals surface area contributed by atoms with Crippen molar-refractivity contribution in [2.45, 2.75) is 58.8 Å². The summed E-state index contributed by atoms with van der Waals surface area (Å²) in [6.45, 7) is 4.54. The average molecular weight is 472 g/mol. The van der Waals surface area contributed by atoms with E-state index in [4.69, 9.17) is 0 Å². The quantitative estimate of drug-likeness (QED) is 0.309. The van der Waals surface area contributed by atoms with Crippen molar-refractivity contribution in [2.75, 3.05) is 19.0 Å². The van der Waals surface area contributed by atoms with Crippen molar-refractivity contribution in [2.24, 2.45) is 7.05 Å². The first-order valence-electron chi connectivity index (χ1n) is 9.30. The van der Waals surface area contributed by atoms with Crippen molar-refractivity contribution in [1.82, 2.24) is 0 Å². The molecule has 1 aromatic carbocycles. The number of unbranched alkanes of at least 4 members (excludes halogenated alkanes) is 5. The standard InChI is InChI=1S/C21H33N2S.HI/c1-6-7-8-9-10-11-12-20-17(2)23(5)21(24-20)18-13-15-19(16-14-18)22(3)4;/h13-16H,6-12H2,1-5H3;1H/q+1;/p-1. The van der Waals surface area contributed by atoms with Crippen LogP contribution in [0.15, 0.2) is 24.3 Å². The number of nitrogens with zero attached hydrogens (tertiary/aromatic N) is 2. The van der Waals surface area contributed by atoms with Crippen molar-refractivity contribution in [3.63, 3.8) is 0 Å². The van der Waals surface area contributed by atoms with Crippen molar-refractivity contribution in [1.29, 1.82) is 0 Å². The van der Waals surface area contributed by atoms with Gasteiger partial charge in [0, 0.05) is 26.7 Å². The number of rotatable bonds is 9. The van der Waals surface area contributed by atoms with Gasteiger partial charge >= 0.3 is 0 Å². The van der Waals surface area contributed by atoms with Gasteiger partial charge in [0.15, 0.2) is 5.69 Å². The maximum Gasteiger partial charge on any atom is 0.269 e. The van der Waals surface area contributed by atoms with Crippen LogP contribution in [-0.4, -0.2) is 14.1 Å². The molecule has 140 valence electrons. The molecular formula is C21H33IN2S. The molecule has 0 aliphatic rings. The van der Waals surface area contributed by atoms with Gasteiger partial charge in [-0.25, -0.2) is 0 Å². The average Bonchev–Trinajstić information content (AvgIpc) is 2.86. The van der Waals surface area contributed by atoms with Crippen LogP contribution in [0.5, 0.6) is 0 Å². The highest BCUT2D eigenvalue weighted by Crippen LogP contribution is 2.28. The van der Waals surface area contributed by atoms with E-state index in [1.165, 1.54) is 66.9 Å². The van der Waals surface area contributed by atoms with Crippen LogP contribution in [0.25, 0.3) is 10.6 Å². The zero-order valence-electron chi connectivity index (χ0n) is 16.4. The second-order valence-corrected chi connectivity index (χ2v) is 8.02. The van der Waals surface area contributed by atoms with E-state index >= 15 is 0 Å². The SMILES string of the molecule is CCCCCCCCc1sc(-c2ccc(N(C)C)cc2)[n+](C)c1C.[I-]. The normalized spacial score (nSPS) is 10.6. The molecule has 0 radical (unpaired) electrons. The van der Waals surface area contributed by atoms with Gasteiger partial charge < -0.3 is 28.9 Å². The number of halogens is 1. The van der Waals surface area contributed by atoms with Crippen molar-refractivity contribution < 1.29 is 28.5 Å². The molecular weight excluding hydrogens is 439 g/mol. The Labute approximate surface area is 175 Å². The summed E-state index contributed by atoms with van der Waals surface area (Å²) in [5.74, 6) is 0. The predicted molar refractivity (Wildman–Crippen MR) is 107 cm³/mol. The number of thiazole rings is 1. The topological polar surface area (TPSA) is 7.12 Å². The Bertz CT molecular complexity index is 632. The Hall–Kier alpha value is -0.620. The zero-order chi connectivity index (χ0) is 17.5. The van der Waals surface area contributed by atoms with Crippen LogP contribution in [0.2, 0.25) is 0 Å². The van der Waals surface area contributed by atoms with Crippen molar-refractivity contribution in [3.8, 4) is 10.6 Å². The Balaban J connectivity index is 0.00000312. The Morgan fingerprint density at radius 2 is 1.56 bits per heavy atom. The third kappa shape index (κ3) is 6.24. The highest BCUT2D eigenvalue weighted by molar-refractivity contribution is 7.14. The molecule has 25 heavy (non-hydrogen) atoms. The number of hydrogen-bond acceptors (Lipinski definition) is 2. The summed E-state index contributed by atoms with van der Waals surface area (Å²) in [6, 6.07) is 8.90. The summed E-state index contributed by atoms with van der Waals surface area (Å²) in [5, 5.41) is 1.37. The second kappa shape index (κ2) is 11.2. The lowest BCUT2D eigenvalue weighted by Crippen LogP contribution is -3.00. The molecule has 1 aromatic heterocycles. The molecule has 0 N–H and O–H groups in total. The second-order valence-electron chi connectivity index (χ2n) is 6.93. The van der Waals surface area contributed by atoms with Crippen LogP contribution in [0.4, 0.5) is 5.69 Å². The predicted octanol–water partition coefficient (Wildman–Crippen LogP) is 2.52. The van der Waals surface area contributed by atoms with E-state index in [2.05, 4.69) is 68.7 Å². The highest BCUT2D eigenvalue weighted by Gasteiger charge is 2.21. The van der Waals surface area contributed by atoms with Crippen LogP contribution in [-0.2, 0) is 13.5 Å². The summed E-state index contributed by atoms with van der Waals surface area (Å²) in [5.41, 5.74) is 4.01. The molecule has 0 saturated heterocycles. The molecule has 0 fully saturated rings. The third-order valence-electron chi connectivity index (χ3n) is 4.82. The molecule has 0 aliphatic heterocycles. The first-order valence-corrected chi connectivity index (χ1v) is 10.1. The van der Waals surface area contributed by atoms with Crippen LogP contribution in [0.1, 0.15) is 56.0 Å². The lowest BCUT2D eigenvalue weighted by atomic mass is 10.1. The first-order chi connectivity index (χ1) is 11.5. The van der Waals surface area contributed by atoms with E-state index in [0.717, 1.165) is 0 Å². The first kappa shape index (κ1) is 22.4. The smallest absolute Gasteiger partial charge is 0.269 e. The van der Waals surface area contributed by atoms with E-state index in [-0.39, 0.29) is 24.0 Å². The van der Waals surface area contributed by atoms with E-state index in [1.54, 1.807) is 4.88 Å². The molecule has 4 heteroatoms. The molecule has 1 heterocycles. The minimum atomic E-state index is 0. The van der Waals surface area contributed by atoms with E-state index in [9.17, 15) is 0 Å².